The van der Waals surface area contributed by atoms with Crippen molar-refractivity contribution in [2.45, 2.75) is 37.3 Å². The monoisotopic (exact) mass is 170 g/mol. The molecule has 1 saturated heterocycles. The summed E-state index contributed by atoms with van der Waals surface area (Å²) < 4.78 is 0. The van der Waals surface area contributed by atoms with Gasteiger partial charge in [0.2, 0.25) is 0 Å². The fourth-order valence-corrected chi connectivity index (χ4v) is 2.03. The molecule has 0 spiro atoms. The minimum absolute atomic E-state index is 0.109. The molecule has 2 fully saturated rings. The molecule has 3 heteroatoms. The van der Waals surface area contributed by atoms with Gasteiger partial charge in [0.25, 0.3) is 0 Å². The molecule has 1 unspecified atom stereocenters. The van der Waals surface area contributed by atoms with Crippen LogP contribution in [-0.2, 0) is 0 Å². The molecule has 0 radical (unpaired) electrons. The minimum Gasteiger partial charge on any atom is -0.395 e. The number of nitrogens with zero attached hydrogens (tertiary/aromatic N) is 1. The van der Waals surface area contributed by atoms with Crippen molar-refractivity contribution in [3.8, 4) is 0 Å². The molecule has 0 aromatic carbocycles. The lowest BCUT2D eigenvalue weighted by atomic mass is 10.2. The quantitative estimate of drug-likeness (QED) is 0.623. The Kier molecular flexibility index (Phi) is 2.10. The van der Waals surface area contributed by atoms with Crippen LogP contribution < -0.4 is 5.73 Å². The number of aliphatic hydroxyl groups is 1. The molecule has 0 aromatic heterocycles. The summed E-state index contributed by atoms with van der Waals surface area (Å²) in [7, 11) is 0. The summed E-state index contributed by atoms with van der Waals surface area (Å²) in [5, 5.41) is 9.07. The first-order valence-corrected chi connectivity index (χ1v) is 4.87. The fraction of sp³-hybridized carbons (Fsp3) is 1.00. The topological polar surface area (TPSA) is 49.5 Å². The van der Waals surface area contributed by atoms with E-state index in [-0.39, 0.29) is 5.54 Å². The van der Waals surface area contributed by atoms with Gasteiger partial charge in [-0.15, -0.1) is 0 Å². The third-order valence-corrected chi connectivity index (χ3v) is 3.12. The molecule has 0 bridgehead atoms. The van der Waals surface area contributed by atoms with Crippen LogP contribution in [0.5, 0.6) is 0 Å². The lowest BCUT2D eigenvalue weighted by Gasteiger charge is -2.25. The van der Waals surface area contributed by atoms with E-state index in [1.165, 1.54) is 19.3 Å². The number of aliphatic hydroxyl groups excluding tert-OH is 1. The summed E-state index contributed by atoms with van der Waals surface area (Å²) in [6.45, 7) is 2.43. The molecule has 2 rings (SSSR count). The summed E-state index contributed by atoms with van der Waals surface area (Å²) in [5.41, 5.74) is 6.13. The van der Waals surface area contributed by atoms with E-state index >= 15 is 0 Å². The summed E-state index contributed by atoms with van der Waals surface area (Å²) in [6.07, 6.45) is 4.71. The second kappa shape index (κ2) is 2.98. The van der Waals surface area contributed by atoms with Crippen LogP contribution >= 0.6 is 0 Å². The van der Waals surface area contributed by atoms with Gasteiger partial charge in [-0.2, -0.15) is 0 Å². The van der Waals surface area contributed by atoms with Gasteiger partial charge in [-0.25, -0.2) is 0 Å². The molecule has 0 aromatic rings. The number of nitrogens with two attached hydrogens (primary N) is 1. The minimum atomic E-state index is 0.109. The maximum absolute atomic E-state index is 9.07. The molecule has 70 valence electrons. The van der Waals surface area contributed by atoms with E-state index in [0.29, 0.717) is 12.6 Å². The molecule has 3 N–H and O–H groups in total. The number of likely N-dealkylation sites (tertiary alicyclic amines) is 1. The average molecular weight is 170 g/mol. The van der Waals surface area contributed by atoms with Crippen LogP contribution in [0.3, 0.4) is 0 Å². The normalized spacial score (nSPS) is 34.0. The Morgan fingerprint density at radius 1 is 1.50 bits per heavy atom. The molecule has 0 amide bonds. The Morgan fingerprint density at radius 2 is 2.25 bits per heavy atom. The highest BCUT2D eigenvalue weighted by Crippen LogP contribution is 2.34. The summed E-state index contributed by atoms with van der Waals surface area (Å²) in [5.74, 6) is 0. The van der Waals surface area contributed by atoms with E-state index in [9.17, 15) is 0 Å². The molecule has 12 heavy (non-hydrogen) atoms. The van der Waals surface area contributed by atoms with Gasteiger partial charge in [0.1, 0.15) is 0 Å². The second-order valence-electron chi connectivity index (χ2n) is 4.31. The molecular formula is C9H18N2O. The van der Waals surface area contributed by atoms with Crippen molar-refractivity contribution in [1.29, 1.82) is 0 Å². The highest BCUT2D eigenvalue weighted by atomic mass is 16.3. The molecular weight excluding hydrogens is 152 g/mol. The van der Waals surface area contributed by atoms with Gasteiger partial charge in [-0.05, 0) is 32.2 Å². The van der Waals surface area contributed by atoms with E-state index in [4.69, 9.17) is 10.8 Å². The Balaban J connectivity index is 1.85. The highest BCUT2D eigenvalue weighted by molar-refractivity contribution is 5.02. The van der Waals surface area contributed by atoms with Crippen molar-refractivity contribution in [3.05, 3.63) is 0 Å². The Labute approximate surface area is 73.5 Å². The summed E-state index contributed by atoms with van der Waals surface area (Å²) >= 11 is 0. The lowest BCUT2D eigenvalue weighted by Crippen LogP contribution is -2.43. The van der Waals surface area contributed by atoms with Crippen LogP contribution in [0.25, 0.3) is 0 Å². The van der Waals surface area contributed by atoms with E-state index < -0.39 is 0 Å². The van der Waals surface area contributed by atoms with Crippen molar-refractivity contribution in [2.75, 3.05) is 19.7 Å². The molecule has 2 aliphatic rings. The first kappa shape index (κ1) is 8.48. The van der Waals surface area contributed by atoms with Crippen molar-refractivity contribution >= 4 is 0 Å². The van der Waals surface area contributed by atoms with Gasteiger partial charge in [0, 0.05) is 18.1 Å². The average Bonchev–Trinajstić information content (AvgIpc) is 2.64. The van der Waals surface area contributed by atoms with Gasteiger partial charge in [-0.3, -0.25) is 4.90 Å². The van der Waals surface area contributed by atoms with E-state index in [2.05, 4.69) is 4.90 Å². The molecule has 1 aliphatic heterocycles. The van der Waals surface area contributed by atoms with Crippen LogP contribution in [0.1, 0.15) is 25.7 Å². The number of rotatable bonds is 3. The van der Waals surface area contributed by atoms with Crippen molar-refractivity contribution in [3.63, 3.8) is 0 Å². The van der Waals surface area contributed by atoms with Crippen LogP contribution in [0.2, 0.25) is 0 Å². The molecule has 1 aliphatic carbocycles. The van der Waals surface area contributed by atoms with Crippen molar-refractivity contribution in [1.82, 2.24) is 4.90 Å². The maximum atomic E-state index is 9.07. The molecule has 1 saturated carbocycles. The standard InChI is InChI=1S/C9H18N2O/c10-9(3-4-9)7-11-5-1-2-8(11)6-12/h8,12H,1-7,10H2. The van der Waals surface area contributed by atoms with Crippen LogP contribution in [0, 0.1) is 0 Å². The fourth-order valence-electron chi connectivity index (χ4n) is 2.03. The molecule has 3 nitrogen and oxygen atoms in total. The third-order valence-electron chi connectivity index (χ3n) is 3.12. The number of hydrogen-bond donors (Lipinski definition) is 2. The van der Waals surface area contributed by atoms with Crippen LogP contribution in [0.15, 0.2) is 0 Å². The highest BCUT2D eigenvalue weighted by Gasteiger charge is 2.41. The molecule has 1 atom stereocenters. The first-order chi connectivity index (χ1) is 5.73. The maximum Gasteiger partial charge on any atom is 0.0586 e. The van der Waals surface area contributed by atoms with Crippen molar-refractivity contribution in [2.24, 2.45) is 5.73 Å². The van der Waals surface area contributed by atoms with Gasteiger partial charge in [0.05, 0.1) is 6.61 Å². The zero-order valence-electron chi connectivity index (χ0n) is 7.50. The Bertz CT molecular complexity index is 168. The van der Waals surface area contributed by atoms with E-state index in [0.717, 1.165) is 19.5 Å². The zero-order chi connectivity index (χ0) is 8.60. The predicted octanol–water partition coefficient (Wildman–Crippen LogP) is -0.0656. The zero-order valence-corrected chi connectivity index (χ0v) is 7.50. The second-order valence-corrected chi connectivity index (χ2v) is 4.31. The SMILES string of the molecule is NC1(CN2CCCC2CO)CC1. The van der Waals surface area contributed by atoms with Gasteiger partial charge >= 0.3 is 0 Å². The van der Waals surface area contributed by atoms with Gasteiger partial charge in [-0.1, -0.05) is 0 Å². The smallest absolute Gasteiger partial charge is 0.0586 e. The van der Waals surface area contributed by atoms with E-state index in [1.807, 2.05) is 0 Å². The Morgan fingerprint density at radius 3 is 2.83 bits per heavy atom. The van der Waals surface area contributed by atoms with Crippen LogP contribution in [-0.4, -0.2) is 41.3 Å². The molecule has 1 heterocycles. The van der Waals surface area contributed by atoms with Crippen molar-refractivity contribution < 1.29 is 5.11 Å². The predicted molar refractivity (Wildman–Crippen MR) is 47.8 cm³/mol. The third kappa shape index (κ3) is 1.63. The first-order valence-electron chi connectivity index (χ1n) is 4.87. The van der Waals surface area contributed by atoms with Gasteiger partial charge < -0.3 is 10.8 Å². The number of hydrogen-bond acceptors (Lipinski definition) is 3. The van der Waals surface area contributed by atoms with Crippen LogP contribution in [0.4, 0.5) is 0 Å². The van der Waals surface area contributed by atoms with Gasteiger partial charge in [0.15, 0.2) is 0 Å². The summed E-state index contributed by atoms with van der Waals surface area (Å²) in [6, 6.07) is 0.394. The lowest BCUT2D eigenvalue weighted by molar-refractivity contribution is 0.150. The largest absolute Gasteiger partial charge is 0.395 e. The van der Waals surface area contributed by atoms with E-state index in [1.54, 1.807) is 0 Å². The Hall–Kier alpha value is -0.120. The summed E-state index contributed by atoms with van der Waals surface area (Å²) in [4.78, 5) is 2.35.